The van der Waals surface area contributed by atoms with Crippen molar-refractivity contribution in [2.45, 2.75) is 0 Å². The van der Waals surface area contributed by atoms with E-state index in [0.29, 0.717) is 5.75 Å². The minimum atomic E-state index is -5.10. The molecule has 3 N–H and O–H groups in total. The van der Waals surface area contributed by atoms with Crippen molar-refractivity contribution < 1.29 is 22.6 Å². The fraction of sp³-hybridized carbons (Fsp3) is 0.0667. The first kappa shape index (κ1) is 17.4. The standard InChI is InChI=1S/C15H14N2O6S/c1-23-11-8-6-10(7-9-11)14(12-4-2-3-5-13(12)16)15(17(18)19)24(20,21)22/h2-9H,16H2,1H3,(H,20,21,22). The van der Waals surface area contributed by atoms with Crippen LogP contribution in [0.3, 0.4) is 0 Å². The topological polar surface area (TPSA) is 133 Å². The number of benzene rings is 2. The third-order valence-corrected chi connectivity index (χ3v) is 4.07. The number of nitrogen functional groups attached to an aromatic ring is 1. The normalized spacial score (nSPS) is 12.4. The highest BCUT2D eigenvalue weighted by atomic mass is 32.2. The van der Waals surface area contributed by atoms with Crippen LogP contribution < -0.4 is 10.5 Å². The summed E-state index contributed by atoms with van der Waals surface area (Å²) in [5, 5.41) is 9.97. The van der Waals surface area contributed by atoms with Gasteiger partial charge >= 0.3 is 15.1 Å². The molecule has 0 heterocycles. The summed E-state index contributed by atoms with van der Waals surface area (Å²) >= 11 is 0. The third-order valence-electron chi connectivity index (χ3n) is 3.23. The molecule has 2 aromatic rings. The zero-order valence-corrected chi connectivity index (χ0v) is 13.4. The Morgan fingerprint density at radius 1 is 1.17 bits per heavy atom. The Balaban J connectivity index is 2.89. The van der Waals surface area contributed by atoms with Crippen molar-refractivity contribution in [3.63, 3.8) is 0 Å². The molecule has 2 rings (SSSR count). The molecule has 0 amide bonds. The van der Waals surface area contributed by atoms with Gasteiger partial charge in [-0.25, -0.2) is 0 Å². The second-order valence-electron chi connectivity index (χ2n) is 4.73. The minimum Gasteiger partial charge on any atom is -0.497 e. The SMILES string of the molecule is COc1ccc(C(=C([N+](=O)[O-])S(=O)(=O)O)c2ccccc2N)cc1. The van der Waals surface area contributed by atoms with Crippen molar-refractivity contribution in [1.29, 1.82) is 0 Å². The number of ether oxygens (including phenoxy) is 1. The highest BCUT2D eigenvalue weighted by molar-refractivity contribution is 7.89. The average Bonchev–Trinajstić information content (AvgIpc) is 2.52. The molecule has 0 saturated heterocycles. The predicted octanol–water partition coefficient (Wildman–Crippen LogP) is 2.16. The third kappa shape index (κ3) is 3.53. The quantitative estimate of drug-likeness (QED) is 0.365. The Kier molecular flexibility index (Phi) is 4.86. The number of hydrogen-bond donors (Lipinski definition) is 2. The maximum Gasteiger partial charge on any atom is 0.393 e. The first-order valence-corrected chi connectivity index (χ1v) is 8.05. The number of methoxy groups -OCH3 is 1. The van der Waals surface area contributed by atoms with Crippen LogP contribution in [0.2, 0.25) is 0 Å². The van der Waals surface area contributed by atoms with E-state index in [4.69, 9.17) is 10.5 Å². The van der Waals surface area contributed by atoms with Crippen LogP contribution in [0.25, 0.3) is 5.57 Å². The van der Waals surface area contributed by atoms with Crippen LogP contribution in [0.5, 0.6) is 5.75 Å². The molecule has 0 aliphatic carbocycles. The lowest BCUT2D eigenvalue weighted by Crippen LogP contribution is -2.15. The number of rotatable bonds is 5. The first-order valence-electron chi connectivity index (χ1n) is 6.61. The maximum absolute atomic E-state index is 11.6. The van der Waals surface area contributed by atoms with Crippen molar-refractivity contribution in [3.8, 4) is 5.75 Å². The fourth-order valence-electron chi connectivity index (χ4n) is 2.19. The van der Waals surface area contributed by atoms with Gasteiger partial charge in [0.2, 0.25) is 0 Å². The molecule has 0 aromatic heterocycles. The molecule has 9 heteroatoms. The highest BCUT2D eigenvalue weighted by Crippen LogP contribution is 2.33. The molecule has 0 aliphatic rings. The monoisotopic (exact) mass is 350 g/mol. The second kappa shape index (κ2) is 6.69. The summed E-state index contributed by atoms with van der Waals surface area (Å²) in [6.45, 7) is 0. The molecule has 0 atom stereocenters. The maximum atomic E-state index is 11.6. The van der Waals surface area contributed by atoms with Crippen molar-refractivity contribution in [1.82, 2.24) is 0 Å². The van der Waals surface area contributed by atoms with Gasteiger partial charge in [-0.15, -0.1) is 0 Å². The summed E-state index contributed by atoms with van der Waals surface area (Å²) in [7, 11) is -3.65. The molecule has 0 spiro atoms. The zero-order chi connectivity index (χ0) is 17.9. The van der Waals surface area contributed by atoms with Crippen LogP contribution in [0.15, 0.2) is 53.6 Å². The fourth-order valence-corrected chi connectivity index (χ4v) is 2.87. The molecule has 126 valence electrons. The van der Waals surface area contributed by atoms with Crippen LogP contribution >= 0.6 is 0 Å². The van der Waals surface area contributed by atoms with Crippen molar-refractivity contribution >= 4 is 21.4 Å². The van der Waals surface area contributed by atoms with Crippen molar-refractivity contribution in [2.75, 3.05) is 12.8 Å². The van der Waals surface area contributed by atoms with Crippen LogP contribution in [-0.2, 0) is 10.1 Å². The van der Waals surface area contributed by atoms with E-state index in [-0.39, 0.29) is 22.4 Å². The molecule has 8 nitrogen and oxygen atoms in total. The van der Waals surface area contributed by atoms with E-state index < -0.39 is 20.1 Å². The average molecular weight is 350 g/mol. The van der Waals surface area contributed by atoms with Crippen LogP contribution in [-0.4, -0.2) is 25.0 Å². The summed E-state index contributed by atoms with van der Waals surface area (Å²) in [5.41, 5.74) is 5.98. The molecule has 0 saturated carbocycles. The lowest BCUT2D eigenvalue weighted by molar-refractivity contribution is -0.411. The summed E-state index contributed by atoms with van der Waals surface area (Å²) in [6.07, 6.45) is 0. The summed E-state index contributed by atoms with van der Waals surface area (Å²) in [4.78, 5) is 10.2. The lowest BCUT2D eigenvalue weighted by Gasteiger charge is -2.11. The van der Waals surface area contributed by atoms with Gasteiger partial charge < -0.3 is 10.5 Å². The Hall–Kier alpha value is -2.91. The van der Waals surface area contributed by atoms with Crippen LogP contribution in [0.1, 0.15) is 11.1 Å². The van der Waals surface area contributed by atoms with Crippen molar-refractivity contribution in [2.24, 2.45) is 0 Å². The van der Waals surface area contributed by atoms with E-state index >= 15 is 0 Å². The molecule has 0 aliphatic heterocycles. The van der Waals surface area contributed by atoms with E-state index in [1.54, 1.807) is 12.1 Å². The Morgan fingerprint density at radius 2 is 1.75 bits per heavy atom. The number of nitrogens with two attached hydrogens (primary N) is 1. The smallest absolute Gasteiger partial charge is 0.393 e. The van der Waals surface area contributed by atoms with Gasteiger partial charge in [0.1, 0.15) is 5.75 Å². The van der Waals surface area contributed by atoms with E-state index in [2.05, 4.69) is 0 Å². The van der Waals surface area contributed by atoms with E-state index in [1.807, 2.05) is 0 Å². The van der Waals surface area contributed by atoms with Gasteiger partial charge in [-0.3, -0.25) is 14.7 Å². The van der Waals surface area contributed by atoms with Crippen molar-refractivity contribution in [3.05, 3.63) is 74.8 Å². The first-order chi connectivity index (χ1) is 11.3. The lowest BCUT2D eigenvalue weighted by atomic mass is 9.97. The Bertz CT molecular complexity index is 904. The number of hydrogen-bond acceptors (Lipinski definition) is 6. The molecular weight excluding hydrogens is 336 g/mol. The molecular formula is C15H14N2O6S. The van der Waals surface area contributed by atoms with Gasteiger partial charge in [-0.05, 0) is 23.8 Å². The van der Waals surface area contributed by atoms with E-state index in [0.717, 1.165) is 0 Å². The molecule has 2 aromatic carbocycles. The van der Waals surface area contributed by atoms with Gasteiger partial charge in [0.15, 0.2) is 0 Å². The molecule has 0 unspecified atom stereocenters. The van der Waals surface area contributed by atoms with Gasteiger partial charge in [-0.1, -0.05) is 30.3 Å². The molecule has 0 bridgehead atoms. The zero-order valence-electron chi connectivity index (χ0n) is 12.5. The summed E-state index contributed by atoms with van der Waals surface area (Å²) in [6, 6.07) is 12.0. The molecule has 0 fully saturated rings. The number of nitrogens with zero attached hydrogens (tertiary/aromatic N) is 1. The molecule has 24 heavy (non-hydrogen) atoms. The number of nitro groups is 1. The molecule has 0 radical (unpaired) electrons. The van der Waals surface area contributed by atoms with E-state index in [1.165, 1.54) is 43.5 Å². The van der Waals surface area contributed by atoms with Gasteiger partial charge in [-0.2, -0.15) is 8.42 Å². The van der Waals surface area contributed by atoms with E-state index in [9.17, 15) is 23.1 Å². The predicted molar refractivity (Wildman–Crippen MR) is 88.4 cm³/mol. The Labute approximate surface area is 138 Å². The van der Waals surface area contributed by atoms with Gasteiger partial charge in [0.25, 0.3) is 0 Å². The number of anilines is 1. The summed E-state index contributed by atoms with van der Waals surface area (Å²) in [5.74, 6) is 0.480. The largest absolute Gasteiger partial charge is 0.497 e. The summed E-state index contributed by atoms with van der Waals surface area (Å²) < 4.78 is 37.5. The van der Waals surface area contributed by atoms with Crippen LogP contribution in [0.4, 0.5) is 5.69 Å². The van der Waals surface area contributed by atoms with Gasteiger partial charge in [0, 0.05) is 11.3 Å². The van der Waals surface area contributed by atoms with Gasteiger partial charge in [0.05, 0.1) is 17.6 Å². The second-order valence-corrected chi connectivity index (χ2v) is 6.06. The van der Waals surface area contributed by atoms with Crippen LogP contribution in [0, 0.1) is 10.1 Å². The Morgan fingerprint density at radius 3 is 2.21 bits per heavy atom. The number of para-hydroxylation sites is 1. The minimum absolute atomic E-state index is 0.118. The highest BCUT2D eigenvalue weighted by Gasteiger charge is 2.34.